The van der Waals surface area contributed by atoms with Gasteiger partial charge in [-0.1, -0.05) is 18.2 Å². The van der Waals surface area contributed by atoms with Gasteiger partial charge in [0.05, 0.1) is 13.7 Å². The molecular weight excluding hydrogens is 308 g/mol. The first kappa shape index (κ1) is 15.8. The molecule has 0 bridgehead atoms. The lowest BCUT2D eigenvalue weighted by atomic mass is 10.1. The van der Waals surface area contributed by atoms with Crippen LogP contribution in [0.5, 0.6) is 5.75 Å². The number of hydroxylamine groups is 1. The van der Waals surface area contributed by atoms with Crippen molar-refractivity contribution in [2.24, 2.45) is 0 Å². The quantitative estimate of drug-likeness (QED) is 0.569. The third-order valence-corrected chi connectivity index (χ3v) is 3.83. The van der Waals surface area contributed by atoms with Gasteiger partial charge in [-0.15, -0.1) is 0 Å². The first-order chi connectivity index (χ1) is 11.6. The molecule has 0 saturated carbocycles. The Kier molecular flexibility index (Phi) is 4.31. The van der Waals surface area contributed by atoms with E-state index in [1.807, 2.05) is 30.3 Å². The van der Waals surface area contributed by atoms with Crippen molar-refractivity contribution >= 4 is 16.7 Å². The molecule has 0 aliphatic rings. The van der Waals surface area contributed by atoms with Gasteiger partial charge in [-0.05, 0) is 41.3 Å². The number of fused-ring (bicyclic) bond motifs is 1. The fourth-order valence-corrected chi connectivity index (χ4v) is 2.58. The summed E-state index contributed by atoms with van der Waals surface area (Å²) in [6.45, 7) is 0.391. The molecule has 0 fully saturated rings. The maximum atomic E-state index is 12.7. The minimum atomic E-state index is -0.653. The molecule has 3 rings (SSSR count). The van der Waals surface area contributed by atoms with Crippen LogP contribution in [-0.2, 0) is 6.54 Å². The summed E-state index contributed by atoms with van der Waals surface area (Å²) in [5, 5.41) is 9.88. The van der Waals surface area contributed by atoms with Crippen molar-refractivity contribution in [3.05, 3.63) is 76.2 Å². The average Bonchev–Trinajstić information content (AvgIpc) is 2.63. The topological polar surface area (TPSA) is 80.6 Å². The molecular formula is C18H16N2O4. The Hall–Kier alpha value is -3.12. The summed E-state index contributed by atoms with van der Waals surface area (Å²) < 4.78 is 6.76. The molecule has 6 nitrogen and oxygen atoms in total. The maximum Gasteiger partial charge on any atom is 0.274 e. The van der Waals surface area contributed by atoms with Gasteiger partial charge in [-0.3, -0.25) is 14.8 Å². The Morgan fingerprint density at radius 2 is 2.04 bits per heavy atom. The van der Waals surface area contributed by atoms with E-state index in [2.05, 4.69) is 0 Å². The van der Waals surface area contributed by atoms with Gasteiger partial charge in [0.1, 0.15) is 5.75 Å². The standard InChI is InChI=1S/C18H16N2O4/c1-24-15-4-2-3-12(9-15)11-20-8-7-13-5-6-14(17(21)19-23)10-16(13)18(20)22/h2-10,23H,11H2,1H3,(H,19,21). The Morgan fingerprint density at radius 3 is 2.79 bits per heavy atom. The van der Waals surface area contributed by atoms with Gasteiger partial charge in [0.25, 0.3) is 11.5 Å². The predicted octanol–water partition coefficient (Wildman–Crippen LogP) is 2.18. The molecule has 3 aromatic rings. The normalized spacial score (nSPS) is 10.6. The van der Waals surface area contributed by atoms with Crippen molar-refractivity contribution in [3.8, 4) is 5.75 Å². The summed E-state index contributed by atoms with van der Waals surface area (Å²) in [5.74, 6) is 0.0720. The number of methoxy groups -OCH3 is 1. The van der Waals surface area contributed by atoms with E-state index in [-0.39, 0.29) is 11.1 Å². The lowest BCUT2D eigenvalue weighted by molar-refractivity contribution is 0.0706. The molecule has 1 heterocycles. The van der Waals surface area contributed by atoms with Crippen LogP contribution in [0, 0.1) is 0 Å². The second kappa shape index (κ2) is 6.55. The lowest BCUT2D eigenvalue weighted by Gasteiger charge is -2.09. The van der Waals surface area contributed by atoms with Crippen LogP contribution in [0.15, 0.2) is 59.5 Å². The Balaban J connectivity index is 2.04. The van der Waals surface area contributed by atoms with Crippen LogP contribution in [0.25, 0.3) is 10.8 Å². The van der Waals surface area contributed by atoms with Crippen LogP contribution < -0.4 is 15.8 Å². The van der Waals surface area contributed by atoms with Crippen molar-refractivity contribution in [2.45, 2.75) is 6.54 Å². The molecule has 0 radical (unpaired) electrons. The molecule has 0 aliphatic carbocycles. The van der Waals surface area contributed by atoms with Crippen LogP contribution >= 0.6 is 0 Å². The van der Waals surface area contributed by atoms with Crippen LogP contribution in [0.4, 0.5) is 0 Å². The minimum absolute atomic E-state index is 0.206. The van der Waals surface area contributed by atoms with Crippen molar-refractivity contribution in [1.29, 1.82) is 0 Å². The number of nitrogens with zero attached hydrogens (tertiary/aromatic N) is 1. The lowest BCUT2D eigenvalue weighted by Crippen LogP contribution is -2.22. The van der Waals surface area contributed by atoms with E-state index >= 15 is 0 Å². The van der Waals surface area contributed by atoms with Crippen molar-refractivity contribution in [2.75, 3.05) is 7.11 Å². The average molecular weight is 324 g/mol. The van der Waals surface area contributed by atoms with Gasteiger partial charge < -0.3 is 9.30 Å². The fraction of sp³-hybridized carbons (Fsp3) is 0.111. The second-order valence-corrected chi connectivity index (χ2v) is 5.34. The van der Waals surface area contributed by atoms with Gasteiger partial charge in [-0.2, -0.15) is 0 Å². The third-order valence-electron chi connectivity index (χ3n) is 3.83. The summed E-state index contributed by atoms with van der Waals surface area (Å²) in [4.78, 5) is 24.2. The molecule has 24 heavy (non-hydrogen) atoms. The van der Waals surface area contributed by atoms with Crippen LogP contribution in [0.3, 0.4) is 0 Å². The zero-order valence-electron chi connectivity index (χ0n) is 13.0. The van der Waals surface area contributed by atoms with E-state index in [4.69, 9.17) is 9.94 Å². The predicted molar refractivity (Wildman–Crippen MR) is 89.6 cm³/mol. The van der Waals surface area contributed by atoms with Crippen LogP contribution in [0.1, 0.15) is 15.9 Å². The molecule has 1 amide bonds. The molecule has 0 atom stereocenters. The monoisotopic (exact) mass is 324 g/mol. The number of benzene rings is 2. The van der Waals surface area contributed by atoms with E-state index in [0.717, 1.165) is 16.7 Å². The Labute approximate surface area is 137 Å². The van der Waals surface area contributed by atoms with Gasteiger partial charge in [-0.25, -0.2) is 5.48 Å². The maximum absolute atomic E-state index is 12.7. The van der Waals surface area contributed by atoms with Gasteiger partial charge in [0, 0.05) is 17.1 Å². The minimum Gasteiger partial charge on any atom is -0.497 e. The first-order valence-corrected chi connectivity index (χ1v) is 7.33. The van der Waals surface area contributed by atoms with E-state index in [9.17, 15) is 9.59 Å². The number of amides is 1. The summed E-state index contributed by atoms with van der Waals surface area (Å²) >= 11 is 0. The highest BCUT2D eigenvalue weighted by atomic mass is 16.5. The zero-order chi connectivity index (χ0) is 17.1. The highest BCUT2D eigenvalue weighted by Crippen LogP contribution is 2.15. The number of hydrogen-bond donors (Lipinski definition) is 2. The molecule has 2 aromatic carbocycles. The summed E-state index contributed by atoms with van der Waals surface area (Å²) in [6.07, 6.45) is 1.72. The van der Waals surface area contributed by atoms with Crippen molar-refractivity contribution < 1.29 is 14.7 Å². The Morgan fingerprint density at radius 1 is 1.21 bits per heavy atom. The summed E-state index contributed by atoms with van der Waals surface area (Å²) in [6, 6.07) is 14.0. The van der Waals surface area contributed by atoms with Gasteiger partial charge in [0.15, 0.2) is 0 Å². The Bertz CT molecular complexity index is 963. The summed E-state index contributed by atoms with van der Waals surface area (Å²) in [5.41, 5.74) is 2.52. The van der Waals surface area contributed by atoms with Crippen molar-refractivity contribution in [1.82, 2.24) is 10.0 Å². The highest BCUT2D eigenvalue weighted by Gasteiger charge is 2.09. The van der Waals surface area contributed by atoms with E-state index < -0.39 is 5.91 Å². The highest BCUT2D eigenvalue weighted by molar-refractivity contribution is 5.97. The third kappa shape index (κ3) is 3.00. The number of hydrogen-bond acceptors (Lipinski definition) is 4. The van der Waals surface area contributed by atoms with E-state index in [0.29, 0.717) is 11.9 Å². The van der Waals surface area contributed by atoms with Gasteiger partial charge in [0.2, 0.25) is 0 Å². The number of carbonyl (C=O) groups excluding carboxylic acids is 1. The molecule has 0 aliphatic heterocycles. The number of ether oxygens (including phenoxy) is 1. The first-order valence-electron chi connectivity index (χ1n) is 7.33. The zero-order valence-corrected chi connectivity index (χ0v) is 13.0. The number of rotatable bonds is 4. The number of aromatic nitrogens is 1. The van der Waals surface area contributed by atoms with Crippen LogP contribution in [0.2, 0.25) is 0 Å². The SMILES string of the molecule is COc1cccc(Cn2ccc3ccc(C(=O)NO)cc3c2=O)c1. The molecule has 2 N–H and O–H groups in total. The molecule has 0 saturated heterocycles. The smallest absolute Gasteiger partial charge is 0.274 e. The fourth-order valence-electron chi connectivity index (χ4n) is 2.58. The molecule has 1 aromatic heterocycles. The van der Waals surface area contributed by atoms with Crippen LogP contribution in [-0.4, -0.2) is 22.8 Å². The number of carbonyl (C=O) groups is 1. The number of pyridine rings is 1. The molecule has 6 heteroatoms. The van der Waals surface area contributed by atoms with E-state index in [1.165, 1.54) is 6.07 Å². The molecule has 0 spiro atoms. The molecule has 0 unspecified atom stereocenters. The second-order valence-electron chi connectivity index (χ2n) is 5.34. The number of nitrogens with one attached hydrogen (secondary N) is 1. The van der Waals surface area contributed by atoms with Gasteiger partial charge >= 0.3 is 0 Å². The largest absolute Gasteiger partial charge is 0.497 e. The van der Waals surface area contributed by atoms with Crippen molar-refractivity contribution in [3.63, 3.8) is 0 Å². The molecule has 122 valence electrons. The van der Waals surface area contributed by atoms with E-state index in [1.54, 1.807) is 35.5 Å². The summed E-state index contributed by atoms with van der Waals surface area (Å²) in [7, 11) is 1.59.